The number of unbranched alkanes of at least 4 members (excludes halogenated alkanes) is 3. The number of ether oxygens (including phenoxy) is 3. The first-order chi connectivity index (χ1) is 11.6. The highest BCUT2D eigenvalue weighted by Crippen LogP contribution is 2.12. The van der Waals surface area contributed by atoms with Gasteiger partial charge in [0.05, 0.1) is 12.7 Å². The van der Waals surface area contributed by atoms with Crippen molar-refractivity contribution in [3.63, 3.8) is 0 Å². The molecule has 0 aliphatic rings. The summed E-state index contributed by atoms with van der Waals surface area (Å²) in [5, 5.41) is 20.1. The zero-order chi connectivity index (χ0) is 18.2. The number of hydrogen-bond donors (Lipinski definition) is 2. The molecule has 144 valence electrons. The zero-order valence-electron chi connectivity index (χ0n) is 16.0. The van der Waals surface area contributed by atoms with Crippen LogP contribution in [0.15, 0.2) is 11.8 Å². The van der Waals surface area contributed by atoms with Crippen LogP contribution in [-0.2, 0) is 14.2 Å². The number of aliphatic hydroxyl groups excluding tert-OH is 2. The van der Waals surface area contributed by atoms with Crippen molar-refractivity contribution in [1.82, 2.24) is 0 Å². The Morgan fingerprint density at radius 2 is 1.46 bits per heavy atom. The Hall–Kier alpha value is -0.620. The predicted molar refractivity (Wildman–Crippen MR) is 97.4 cm³/mol. The molecule has 0 saturated heterocycles. The van der Waals surface area contributed by atoms with Crippen LogP contribution in [-0.4, -0.2) is 55.0 Å². The fraction of sp³-hybridized carbons (Fsp3) is 0.895. The van der Waals surface area contributed by atoms with Crippen molar-refractivity contribution in [2.75, 3.05) is 26.4 Å². The van der Waals surface area contributed by atoms with E-state index >= 15 is 0 Å². The Kier molecular flexibility index (Phi) is 15.5. The maximum atomic E-state index is 10.1. The van der Waals surface area contributed by atoms with Gasteiger partial charge in [0.1, 0.15) is 18.0 Å². The van der Waals surface area contributed by atoms with Gasteiger partial charge in [-0.3, -0.25) is 0 Å². The van der Waals surface area contributed by atoms with Gasteiger partial charge in [-0.25, -0.2) is 0 Å². The fourth-order valence-corrected chi connectivity index (χ4v) is 2.00. The minimum Gasteiger partial charge on any atom is -0.510 e. The van der Waals surface area contributed by atoms with Gasteiger partial charge in [0.2, 0.25) is 0 Å². The van der Waals surface area contributed by atoms with Crippen LogP contribution in [0.3, 0.4) is 0 Å². The lowest BCUT2D eigenvalue weighted by Crippen LogP contribution is -2.30. The molecular formula is C19H38O5. The fourth-order valence-electron chi connectivity index (χ4n) is 2.00. The van der Waals surface area contributed by atoms with Gasteiger partial charge in [-0.05, 0) is 32.3 Å². The van der Waals surface area contributed by atoms with Crippen LogP contribution in [0.5, 0.6) is 0 Å². The second-order valence-electron chi connectivity index (χ2n) is 6.15. The third kappa shape index (κ3) is 11.8. The molecule has 0 saturated carbocycles. The molecule has 0 aliphatic heterocycles. The molecule has 0 heterocycles. The van der Waals surface area contributed by atoms with E-state index in [1.54, 1.807) is 6.08 Å². The third-order valence-electron chi connectivity index (χ3n) is 3.74. The Morgan fingerprint density at radius 1 is 0.917 bits per heavy atom. The minimum atomic E-state index is -1.03. The van der Waals surface area contributed by atoms with E-state index in [1.807, 2.05) is 6.92 Å². The summed E-state index contributed by atoms with van der Waals surface area (Å²) in [6.07, 6.45) is 6.03. The third-order valence-corrected chi connectivity index (χ3v) is 3.74. The van der Waals surface area contributed by atoms with Crippen LogP contribution in [0.2, 0.25) is 0 Å². The van der Waals surface area contributed by atoms with E-state index in [1.165, 1.54) is 0 Å². The first kappa shape index (κ1) is 23.4. The molecule has 0 spiro atoms. The highest BCUT2D eigenvalue weighted by Gasteiger charge is 2.20. The summed E-state index contributed by atoms with van der Waals surface area (Å²) >= 11 is 0. The second-order valence-corrected chi connectivity index (χ2v) is 6.15. The van der Waals surface area contributed by atoms with E-state index in [0.29, 0.717) is 19.8 Å². The van der Waals surface area contributed by atoms with E-state index in [0.717, 1.165) is 38.5 Å². The van der Waals surface area contributed by atoms with Crippen LogP contribution in [0, 0.1) is 0 Å². The first-order valence-electron chi connectivity index (χ1n) is 9.46. The van der Waals surface area contributed by atoms with Gasteiger partial charge in [-0.2, -0.15) is 0 Å². The van der Waals surface area contributed by atoms with E-state index < -0.39 is 6.10 Å². The normalized spacial score (nSPS) is 16.1. The monoisotopic (exact) mass is 346 g/mol. The molecule has 24 heavy (non-hydrogen) atoms. The van der Waals surface area contributed by atoms with Gasteiger partial charge in [0, 0.05) is 19.8 Å². The minimum absolute atomic E-state index is 0.0923. The maximum absolute atomic E-state index is 10.1. The highest BCUT2D eigenvalue weighted by atomic mass is 16.5. The lowest BCUT2D eigenvalue weighted by molar-refractivity contribution is -0.0468. The van der Waals surface area contributed by atoms with E-state index in [-0.39, 0.29) is 24.6 Å². The SMILES string of the molecule is CCCCOC[C@@H](O)/C(O)=C\[C@@H](OCCCC)C(C)OCCCC. The van der Waals surface area contributed by atoms with E-state index in [2.05, 4.69) is 20.8 Å². The molecule has 2 N–H and O–H groups in total. The standard InChI is InChI=1S/C19H38O5/c1-5-8-11-22-15-18(21)17(20)14-19(24-13-10-7-3)16(4)23-12-9-6-2/h14,16,18-21H,5-13,15H2,1-4H3/b17-14+/t16?,18-,19-/m1/s1. The molecule has 0 aromatic heterocycles. The smallest absolute Gasteiger partial charge is 0.134 e. The van der Waals surface area contributed by atoms with Gasteiger partial charge >= 0.3 is 0 Å². The van der Waals surface area contributed by atoms with Crippen molar-refractivity contribution in [3.05, 3.63) is 11.8 Å². The maximum Gasteiger partial charge on any atom is 0.134 e. The molecule has 0 radical (unpaired) electrons. The van der Waals surface area contributed by atoms with Crippen LogP contribution in [0.4, 0.5) is 0 Å². The van der Waals surface area contributed by atoms with Crippen molar-refractivity contribution >= 4 is 0 Å². The summed E-state index contributed by atoms with van der Waals surface area (Å²) in [6, 6.07) is 0. The lowest BCUT2D eigenvalue weighted by atomic mass is 10.1. The number of rotatable bonds is 16. The van der Waals surface area contributed by atoms with Gasteiger partial charge in [-0.1, -0.05) is 40.0 Å². The molecule has 0 amide bonds. The topological polar surface area (TPSA) is 68.2 Å². The predicted octanol–water partition coefficient (Wildman–Crippen LogP) is 4.00. The molecule has 1 unspecified atom stereocenters. The molecule has 5 heteroatoms. The van der Waals surface area contributed by atoms with Crippen LogP contribution < -0.4 is 0 Å². The van der Waals surface area contributed by atoms with Gasteiger partial charge in [-0.15, -0.1) is 0 Å². The quantitative estimate of drug-likeness (QED) is 0.327. The molecule has 0 aliphatic carbocycles. The Bertz CT molecular complexity index is 306. The number of aliphatic hydroxyl groups is 2. The van der Waals surface area contributed by atoms with Crippen LogP contribution in [0.1, 0.15) is 66.2 Å². The molecule has 0 aromatic carbocycles. The average Bonchev–Trinajstić information content (AvgIpc) is 2.57. The van der Waals surface area contributed by atoms with E-state index in [4.69, 9.17) is 14.2 Å². The van der Waals surface area contributed by atoms with Gasteiger partial charge in [0.25, 0.3) is 0 Å². The van der Waals surface area contributed by atoms with Crippen molar-refractivity contribution in [3.8, 4) is 0 Å². The largest absolute Gasteiger partial charge is 0.510 e. The summed E-state index contributed by atoms with van der Waals surface area (Å²) in [7, 11) is 0. The molecule has 0 bridgehead atoms. The molecule has 0 rings (SSSR count). The van der Waals surface area contributed by atoms with Crippen LogP contribution >= 0.6 is 0 Å². The highest BCUT2D eigenvalue weighted by molar-refractivity contribution is 5.03. The molecule has 0 aromatic rings. The van der Waals surface area contributed by atoms with Gasteiger partial charge in [0.15, 0.2) is 0 Å². The molecule has 3 atom stereocenters. The molecular weight excluding hydrogens is 308 g/mol. The van der Waals surface area contributed by atoms with Crippen molar-refractivity contribution in [2.45, 2.75) is 84.5 Å². The summed E-state index contributed by atoms with van der Waals surface area (Å²) < 4.78 is 17.0. The Morgan fingerprint density at radius 3 is 2.04 bits per heavy atom. The zero-order valence-corrected chi connectivity index (χ0v) is 16.0. The second kappa shape index (κ2) is 15.9. The van der Waals surface area contributed by atoms with E-state index in [9.17, 15) is 10.2 Å². The summed E-state index contributed by atoms with van der Waals surface area (Å²) in [4.78, 5) is 0. The molecule has 0 fully saturated rings. The summed E-state index contributed by atoms with van der Waals surface area (Å²) in [6.45, 7) is 10.2. The van der Waals surface area contributed by atoms with Crippen molar-refractivity contribution in [2.24, 2.45) is 0 Å². The summed E-state index contributed by atoms with van der Waals surface area (Å²) in [5.41, 5.74) is 0. The number of hydrogen-bond acceptors (Lipinski definition) is 5. The Balaban J connectivity index is 4.54. The van der Waals surface area contributed by atoms with Crippen molar-refractivity contribution < 1.29 is 24.4 Å². The van der Waals surface area contributed by atoms with Crippen molar-refractivity contribution in [1.29, 1.82) is 0 Å². The lowest BCUT2D eigenvalue weighted by Gasteiger charge is -2.23. The molecule has 5 nitrogen and oxygen atoms in total. The Labute approximate surface area is 148 Å². The van der Waals surface area contributed by atoms with Crippen LogP contribution in [0.25, 0.3) is 0 Å². The van der Waals surface area contributed by atoms with Gasteiger partial charge < -0.3 is 24.4 Å². The first-order valence-corrected chi connectivity index (χ1v) is 9.46. The average molecular weight is 347 g/mol. The summed E-state index contributed by atoms with van der Waals surface area (Å²) in [5.74, 6) is -0.112.